The Labute approximate surface area is 122 Å². The minimum atomic E-state index is -1.14. The number of hydrogen-bond acceptors (Lipinski definition) is 4. The molecule has 0 saturated heterocycles. The van der Waals surface area contributed by atoms with Crippen LogP contribution < -0.4 is 69.3 Å². The van der Waals surface area contributed by atoms with Crippen molar-refractivity contribution in [1.29, 1.82) is 0 Å². The summed E-state index contributed by atoms with van der Waals surface area (Å²) in [5.74, 6) is -2.85. The van der Waals surface area contributed by atoms with Crippen molar-refractivity contribution >= 4 is 11.9 Å². The molecule has 1 atom stereocenters. The van der Waals surface area contributed by atoms with Crippen LogP contribution in [0, 0.1) is 5.92 Å². The van der Waals surface area contributed by atoms with Crippen molar-refractivity contribution in [2.45, 2.75) is 26.2 Å². The van der Waals surface area contributed by atoms with E-state index in [4.69, 9.17) is 0 Å². The largest absolute Gasteiger partial charge is 1.00 e. The fourth-order valence-corrected chi connectivity index (χ4v) is 0.670. The number of rotatable bonds is 5. The van der Waals surface area contributed by atoms with Crippen molar-refractivity contribution < 1.29 is 78.9 Å². The van der Waals surface area contributed by atoms with Crippen molar-refractivity contribution in [3.8, 4) is 0 Å². The van der Waals surface area contributed by atoms with Crippen LogP contribution in [0.15, 0.2) is 0 Å². The maximum atomic E-state index is 10.1. The van der Waals surface area contributed by atoms with Gasteiger partial charge in [0.05, 0.1) is 0 Å². The monoisotopic (exact) mass is 204 g/mol. The van der Waals surface area contributed by atoms with E-state index in [1.54, 1.807) is 0 Å². The molecule has 0 fully saturated rings. The average Bonchev–Trinajstić information content (AvgIpc) is 1.86. The predicted octanol–water partition coefficient (Wildman–Crippen LogP) is -7.70. The molecule has 0 radical (unpaired) electrons. The number of carboxylic acid groups (broad SMARTS) is 2. The molecule has 0 aliphatic carbocycles. The zero-order valence-corrected chi connectivity index (χ0v) is 12.3. The number of carbonyl (C=O) groups excluding carboxylic acids is 2. The molecular weight excluding hydrogens is 194 g/mol. The van der Waals surface area contributed by atoms with Crippen LogP contribution in [0.5, 0.6) is 0 Å². The second-order valence-corrected chi connectivity index (χ2v) is 2.48. The molecule has 0 amide bonds. The van der Waals surface area contributed by atoms with Gasteiger partial charge in [-0.3, -0.25) is 0 Å². The minimum Gasteiger partial charge on any atom is -0.550 e. The van der Waals surface area contributed by atoms with E-state index in [-0.39, 0.29) is 65.5 Å². The Morgan fingerprint density at radius 3 is 2.00 bits per heavy atom. The molecule has 0 spiro atoms. The fraction of sp³-hybridized carbons (Fsp3) is 0.714. The smallest absolute Gasteiger partial charge is 0.550 e. The van der Waals surface area contributed by atoms with Crippen LogP contribution in [0.2, 0.25) is 0 Å². The third-order valence-corrected chi connectivity index (χ3v) is 1.42. The molecule has 0 aromatic rings. The van der Waals surface area contributed by atoms with E-state index in [0.717, 1.165) is 0 Å². The maximum Gasteiger partial charge on any atom is 1.00 e. The van der Waals surface area contributed by atoms with Gasteiger partial charge in [-0.05, 0) is 25.2 Å². The molecule has 4 nitrogen and oxygen atoms in total. The van der Waals surface area contributed by atoms with Crippen LogP contribution in [-0.2, 0) is 9.59 Å². The summed E-state index contributed by atoms with van der Waals surface area (Å²) < 4.78 is 0. The van der Waals surface area contributed by atoms with Gasteiger partial charge in [0, 0.05) is 11.9 Å². The Morgan fingerprint density at radius 1 is 1.23 bits per heavy atom. The van der Waals surface area contributed by atoms with Crippen LogP contribution >= 0.6 is 0 Å². The third-order valence-electron chi connectivity index (χ3n) is 1.42. The van der Waals surface area contributed by atoms with E-state index in [0.29, 0.717) is 12.8 Å². The summed E-state index contributed by atoms with van der Waals surface area (Å²) >= 11 is 0. The first-order valence-electron chi connectivity index (χ1n) is 3.44. The van der Waals surface area contributed by atoms with Crippen molar-refractivity contribution in [2.24, 2.45) is 5.92 Å². The topological polar surface area (TPSA) is 80.3 Å². The molecule has 0 aromatic carbocycles. The van der Waals surface area contributed by atoms with E-state index in [9.17, 15) is 19.8 Å². The number of carboxylic acids is 2. The van der Waals surface area contributed by atoms with Gasteiger partial charge in [0.2, 0.25) is 0 Å². The van der Waals surface area contributed by atoms with Crippen LogP contribution in [0.4, 0.5) is 0 Å². The average molecular weight is 204 g/mol. The molecule has 0 aliphatic rings. The van der Waals surface area contributed by atoms with Gasteiger partial charge < -0.3 is 19.8 Å². The second kappa shape index (κ2) is 11.0. The Balaban J connectivity index is -0.000000500. The Morgan fingerprint density at radius 2 is 1.69 bits per heavy atom. The van der Waals surface area contributed by atoms with E-state index >= 15 is 0 Å². The summed E-state index contributed by atoms with van der Waals surface area (Å²) in [5.41, 5.74) is 0. The Kier molecular flexibility index (Phi) is 16.5. The summed E-state index contributed by atoms with van der Waals surface area (Å²) in [6.07, 6.45) is 0.575. The number of hydrogen-bond donors (Lipinski definition) is 0. The Hall–Kier alpha value is 0.940. The molecule has 0 N–H and O–H groups in total. The molecule has 0 bridgehead atoms. The molecule has 64 valence electrons. The summed E-state index contributed by atoms with van der Waals surface area (Å²) in [6, 6.07) is 0. The quantitative estimate of drug-likeness (QED) is 0.416. The standard InChI is InChI=1S/C7H12O4.2Na/c1-5(7(10)11)3-2-4-6(8)9;;/h5H,2-4H2,1H3,(H,8,9)(H,10,11);;/q;2*+1/p-2. The molecule has 0 rings (SSSR count). The molecule has 0 aromatic heterocycles. The zero-order chi connectivity index (χ0) is 8.85. The summed E-state index contributed by atoms with van der Waals surface area (Å²) in [5, 5.41) is 20.0. The fourth-order valence-electron chi connectivity index (χ4n) is 0.670. The summed E-state index contributed by atoms with van der Waals surface area (Å²) in [4.78, 5) is 20.0. The third kappa shape index (κ3) is 12.9. The van der Waals surface area contributed by atoms with Gasteiger partial charge in [-0.2, -0.15) is 0 Å². The molecule has 13 heavy (non-hydrogen) atoms. The van der Waals surface area contributed by atoms with Crippen molar-refractivity contribution in [3.05, 3.63) is 0 Å². The maximum absolute atomic E-state index is 10.1. The molecular formula is C7H10Na2O4. The van der Waals surface area contributed by atoms with Gasteiger partial charge in [-0.25, -0.2) is 0 Å². The van der Waals surface area contributed by atoms with Gasteiger partial charge in [0.1, 0.15) is 0 Å². The molecule has 0 heterocycles. The first-order valence-corrected chi connectivity index (χ1v) is 3.44. The SMILES string of the molecule is CC(CCCC(=O)[O-])C(=O)[O-].[Na+].[Na+]. The van der Waals surface area contributed by atoms with Gasteiger partial charge in [-0.15, -0.1) is 0 Å². The molecule has 1 unspecified atom stereocenters. The summed E-state index contributed by atoms with van der Waals surface area (Å²) in [7, 11) is 0. The van der Waals surface area contributed by atoms with Gasteiger partial charge in [0.15, 0.2) is 0 Å². The van der Waals surface area contributed by atoms with Crippen LogP contribution in [0.25, 0.3) is 0 Å². The normalized spacial score (nSPS) is 10.5. The van der Waals surface area contributed by atoms with Crippen molar-refractivity contribution in [1.82, 2.24) is 0 Å². The van der Waals surface area contributed by atoms with E-state index in [1.165, 1.54) is 6.92 Å². The van der Waals surface area contributed by atoms with E-state index in [1.807, 2.05) is 0 Å². The van der Waals surface area contributed by atoms with Crippen molar-refractivity contribution in [3.63, 3.8) is 0 Å². The zero-order valence-electron chi connectivity index (χ0n) is 8.33. The van der Waals surface area contributed by atoms with Crippen LogP contribution in [0.1, 0.15) is 26.2 Å². The van der Waals surface area contributed by atoms with Crippen LogP contribution in [-0.4, -0.2) is 11.9 Å². The first kappa shape index (κ1) is 19.5. The summed E-state index contributed by atoms with van der Waals surface area (Å²) in [6.45, 7) is 1.49. The van der Waals surface area contributed by atoms with E-state index < -0.39 is 17.9 Å². The molecule has 6 heteroatoms. The second-order valence-electron chi connectivity index (χ2n) is 2.48. The predicted molar refractivity (Wildman–Crippen MR) is 33.0 cm³/mol. The minimum absolute atomic E-state index is 0. The molecule has 0 aliphatic heterocycles. The van der Waals surface area contributed by atoms with E-state index in [2.05, 4.69) is 0 Å². The first-order chi connectivity index (χ1) is 5.04. The number of aliphatic carboxylic acids is 2. The van der Waals surface area contributed by atoms with Gasteiger partial charge in [-0.1, -0.05) is 6.92 Å². The number of carbonyl (C=O) groups is 2. The van der Waals surface area contributed by atoms with Gasteiger partial charge in [0.25, 0.3) is 0 Å². The van der Waals surface area contributed by atoms with Crippen LogP contribution in [0.3, 0.4) is 0 Å². The van der Waals surface area contributed by atoms with Crippen molar-refractivity contribution in [2.75, 3.05) is 0 Å². The van der Waals surface area contributed by atoms with Gasteiger partial charge >= 0.3 is 59.1 Å². The molecule has 0 saturated carbocycles. The Bertz CT molecular complexity index is 161.